The van der Waals surface area contributed by atoms with E-state index in [4.69, 9.17) is 4.42 Å². The van der Waals surface area contributed by atoms with E-state index >= 15 is 0 Å². The van der Waals surface area contributed by atoms with Gasteiger partial charge >= 0.3 is 0 Å². The van der Waals surface area contributed by atoms with Crippen molar-refractivity contribution in [2.75, 3.05) is 4.90 Å². The summed E-state index contributed by atoms with van der Waals surface area (Å²) in [6.45, 7) is 0. The normalized spacial score (nSPS) is 11.5. The Morgan fingerprint density at radius 2 is 0.842 bits per heavy atom. The maximum atomic E-state index is 6.39. The van der Waals surface area contributed by atoms with Crippen molar-refractivity contribution in [3.8, 4) is 39.1 Å². The van der Waals surface area contributed by atoms with Gasteiger partial charge in [0.15, 0.2) is 0 Å². The Labute approximate surface area is 330 Å². The lowest BCUT2D eigenvalue weighted by atomic mass is 9.98. The van der Waals surface area contributed by atoms with Gasteiger partial charge in [-0.05, 0) is 76.9 Å². The van der Waals surface area contributed by atoms with Crippen LogP contribution in [0, 0.1) is 0 Å². The van der Waals surface area contributed by atoms with Gasteiger partial charge in [0.25, 0.3) is 0 Å². The summed E-state index contributed by atoms with van der Waals surface area (Å²) in [6, 6.07) is 78.0. The molecule has 0 radical (unpaired) electrons. The van der Waals surface area contributed by atoms with E-state index in [-0.39, 0.29) is 0 Å². The maximum Gasteiger partial charge on any atom is 0.137 e. The fourth-order valence-electron chi connectivity index (χ4n) is 8.55. The van der Waals surface area contributed by atoms with Crippen LogP contribution in [-0.4, -0.2) is 4.57 Å². The first-order valence-corrected chi connectivity index (χ1v) is 19.4. The van der Waals surface area contributed by atoms with Crippen LogP contribution in [0.5, 0.6) is 0 Å². The molecule has 0 saturated carbocycles. The van der Waals surface area contributed by atoms with Gasteiger partial charge < -0.3 is 13.9 Å². The van der Waals surface area contributed by atoms with Crippen LogP contribution in [0.2, 0.25) is 0 Å². The average Bonchev–Trinajstić information content (AvgIpc) is 3.83. The number of hydrogen-bond donors (Lipinski definition) is 0. The molecule has 0 amide bonds. The molecular formula is C54H36N2O. The van der Waals surface area contributed by atoms with Crippen LogP contribution in [0.1, 0.15) is 0 Å². The standard InChI is InChI=1S/C54H36N2O/c1-2-14-39(15-3-1)43-16-4-9-21-49(43)55(42-34-35-48-47-20-8-13-25-53(47)57-54(48)36-42)41-32-30-38(31-33-41)37-26-28-40(29-27-37)44-17-5-10-22-50(44)56-51-23-11-6-18-45(51)46-19-7-12-24-52(46)56/h1-36H. The molecule has 0 aliphatic heterocycles. The molecule has 0 spiro atoms. The van der Waals surface area contributed by atoms with Gasteiger partial charge in [0.2, 0.25) is 0 Å². The quantitative estimate of drug-likeness (QED) is 0.163. The van der Waals surface area contributed by atoms with Crippen molar-refractivity contribution < 1.29 is 4.42 Å². The molecule has 2 heterocycles. The van der Waals surface area contributed by atoms with Gasteiger partial charge in [-0.2, -0.15) is 0 Å². The number of hydrogen-bond acceptors (Lipinski definition) is 2. The molecule has 0 atom stereocenters. The van der Waals surface area contributed by atoms with Crippen LogP contribution in [0.3, 0.4) is 0 Å². The largest absolute Gasteiger partial charge is 0.456 e. The lowest BCUT2D eigenvalue weighted by molar-refractivity contribution is 0.669. The first kappa shape index (κ1) is 32.8. The summed E-state index contributed by atoms with van der Waals surface area (Å²) in [5.74, 6) is 0. The molecular weight excluding hydrogens is 693 g/mol. The van der Waals surface area contributed by atoms with Crippen LogP contribution >= 0.6 is 0 Å². The molecule has 3 nitrogen and oxygen atoms in total. The van der Waals surface area contributed by atoms with E-state index in [0.29, 0.717) is 0 Å². The Bertz CT molecular complexity index is 3170. The molecule has 268 valence electrons. The van der Waals surface area contributed by atoms with Crippen molar-refractivity contribution in [2.45, 2.75) is 0 Å². The topological polar surface area (TPSA) is 21.3 Å². The van der Waals surface area contributed by atoms with E-state index in [1.165, 1.54) is 49.7 Å². The second-order valence-electron chi connectivity index (χ2n) is 14.5. The summed E-state index contributed by atoms with van der Waals surface area (Å²) < 4.78 is 8.79. The number of furan rings is 1. The van der Waals surface area contributed by atoms with Crippen LogP contribution in [0.25, 0.3) is 82.8 Å². The summed E-state index contributed by atoms with van der Waals surface area (Å²) in [6.07, 6.45) is 0. The lowest BCUT2D eigenvalue weighted by Crippen LogP contribution is -2.11. The minimum Gasteiger partial charge on any atom is -0.456 e. The van der Waals surface area contributed by atoms with E-state index in [9.17, 15) is 0 Å². The number of para-hydroxylation sites is 5. The number of anilines is 3. The highest BCUT2D eigenvalue weighted by atomic mass is 16.3. The molecule has 0 N–H and O–H groups in total. The monoisotopic (exact) mass is 728 g/mol. The Kier molecular flexibility index (Phi) is 7.82. The smallest absolute Gasteiger partial charge is 0.137 e. The van der Waals surface area contributed by atoms with E-state index in [1.807, 2.05) is 12.1 Å². The highest BCUT2D eigenvalue weighted by molar-refractivity contribution is 6.10. The highest BCUT2D eigenvalue weighted by Crippen LogP contribution is 2.43. The van der Waals surface area contributed by atoms with Crippen molar-refractivity contribution >= 4 is 60.8 Å². The molecule has 0 aliphatic carbocycles. The van der Waals surface area contributed by atoms with Gasteiger partial charge in [-0.25, -0.2) is 0 Å². The van der Waals surface area contributed by atoms with Gasteiger partial charge in [0.05, 0.1) is 22.4 Å². The molecule has 11 aromatic rings. The average molecular weight is 729 g/mol. The molecule has 0 fully saturated rings. The number of rotatable bonds is 7. The van der Waals surface area contributed by atoms with Crippen molar-refractivity contribution in [1.82, 2.24) is 4.57 Å². The van der Waals surface area contributed by atoms with Gasteiger partial charge in [0, 0.05) is 50.1 Å². The zero-order chi connectivity index (χ0) is 37.7. The third-order valence-corrected chi connectivity index (χ3v) is 11.2. The van der Waals surface area contributed by atoms with Gasteiger partial charge in [-0.15, -0.1) is 0 Å². The van der Waals surface area contributed by atoms with Crippen molar-refractivity contribution in [3.05, 3.63) is 218 Å². The lowest BCUT2D eigenvalue weighted by Gasteiger charge is -2.28. The Balaban J connectivity index is 0.977. The third-order valence-electron chi connectivity index (χ3n) is 11.2. The minimum absolute atomic E-state index is 0.868. The minimum atomic E-state index is 0.868. The molecule has 0 aliphatic rings. The van der Waals surface area contributed by atoms with Crippen LogP contribution < -0.4 is 4.90 Å². The van der Waals surface area contributed by atoms with Crippen molar-refractivity contribution in [2.24, 2.45) is 0 Å². The predicted octanol–water partition coefficient (Wildman–Crippen LogP) is 15.2. The van der Waals surface area contributed by atoms with Crippen LogP contribution in [0.15, 0.2) is 223 Å². The van der Waals surface area contributed by atoms with Crippen molar-refractivity contribution in [1.29, 1.82) is 0 Å². The predicted molar refractivity (Wildman–Crippen MR) is 239 cm³/mol. The summed E-state index contributed by atoms with van der Waals surface area (Å²) in [5.41, 5.74) is 15.6. The molecule has 0 unspecified atom stereocenters. The highest BCUT2D eigenvalue weighted by Gasteiger charge is 2.20. The SMILES string of the molecule is c1ccc(-c2ccccc2N(c2ccc(-c3ccc(-c4ccccc4-n4c5ccccc5c5ccccc54)cc3)cc2)c2ccc3c(c2)oc2ccccc23)cc1. The van der Waals surface area contributed by atoms with Crippen molar-refractivity contribution in [3.63, 3.8) is 0 Å². The molecule has 3 heteroatoms. The second-order valence-corrected chi connectivity index (χ2v) is 14.5. The Morgan fingerprint density at radius 1 is 0.333 bits per heavy atom. The third kappa shape index (κ3) is 5.60. The second kappa shape index (κ2) is 13.6. The van der Waals surface area contributed by atoms with Gasteiger partial charge in [0.1, 0.15) is 11.2 Å². The molecule has 0 bridgehead atoms. The molecule has 9 aromatic carbocycles. The summed E-state index contributed by atoms with van der Waals surface area (Å²) >= 11 is 0. The van der Waals surface area contributed by atoms with Gasteiger partial charge in [-0.3, -0.25) is 0 Å². The number of fused-ring (bicyclic) bond motifs is 6. The zero-order valence-electron chi connectivity index (χ0n) is 31.1. The number of aromatic nitrogens is 1. The summed E-state index contributed by atoms with van der Waals surface area (Å²) in [4.78, 5) is 2.34. The first-order chi connectivity index (χ1) is 28.3. The molecule has 11 rings (SSSR count). The Hall–Kier alpha value is -7.62. The summed E-state index contributed by atoms with van der Waals surface area (Å²) in [5, 5.41) is 4.76. The number of nitrogens with zero attached hydrogens (tertiary/aromatic N) is 2. The molecule has 0 saturated heterocycles. The summed E-state index contributed by atoms with van der Waals surface area (Å²) in [7, 11) is 0. The maximum absolute atomic E-state index is 6.39. The van der Waals surface area contributed by atoms with E-state index in [1.54, 1.807) is 0 Å². The first-order valence-electron chi connectivity index (χ1n) is 19.4. The van der Waals surface area contributed by atoms with Gasteiger partial charge in [-0.1, -0.05) is 158 Å². The van der Waals surface area contributed by atoms with Crippen LogP contribution in [-0.2, 0) is 0 Å². The van der Waals surface area contributed by atoms with E-state index in [0.717, 1.165) is 50.1 Å². The van der Waals surface area contributed by atoms with E-state index < -0.39 is 0 Å². The Morgan fingerprint density at radius 3 is 1.58 bits per heavy atom. The fourth-order valence-corrected chi connectivity index (χ4v) is 8.55. The zero-order valence-corrected chi connectivity index (χ0v) is 31.1. The van der Waals surface area contributed by atoms with Crippen LogP contribution in [0.4, 0.5) is 17.1 Å². The fraction of sp³-hybridized carbons (Fsp3) is 0. The molecule has 57 heavy (non-hydrogen) atoms. The molecule has 2 aromatic heterocycles. The van der Waals surface area contributed by atoms with E-state index in [2.05, 4.69) is 216 Å². The number of benzene rings is 9.